The van der Waals surface area contributed by atoms with Gasteiger partial charge in [0.05, 0.1) is 0 Å². The maximum absolute atomic E-state index is 13.2. The van der Waals surface area contributed by atoms with Gasteiger partial charge in [0.25, 0.3) is 5.91 Å². The molecule has 1 atom stereocenters. The molecule has 0 aliphatic carbocycles. The fourth-order valence-corrected chi connectivity index (χ4v) is 3.68. The van der Waals surface area contributed by atoms with Crippen LogP contribution in [0.3, 0.4) is 0 Å². The quantitative estimate of drug-likeness (QED) is 0.736. The highest BCUT2D eigenvalue weighted by molar-refractivity contribution is 6.10. The van der Waals surface area contributed by atoms with Crippen molar-refractivity contribution in [2.45, 2.75) is 38.8 Å². The smallest absolute Gasteiger partial charge is 0.299 e. The third kappa shape index (κ3) is 3.15. The first kappa shape index (κ1) is 17.5. The number of para-hydroxylation sites is 1. The van der Waals surface area contributed by atoms with Gasteiger partial charge in [0.2, 0.25) is 0 Å². The van der Waals surface area contributed by atoms with E-state index in [-0.39, 0.29) is 5.92 Å². The van der Waals surface area contributed by atoms with Crippen molar-refractivity contribution in [1.82, 2.24) is 0 Å². The molecular weight excluding hydrogens is 327 g/mol. The molecule has 0 spiro atoms. The number of rotatable bonds is 3. The largest absolute Gasteiger partial charge is 0.406 e. The van der Waals surface area contributed by atoms with Crippen molar-refractivity contribution in [2.75, 3.05) is 11.4 Å². The molecule has 0 fully saturated rings. The second-order valence-corrected chi connectivity index (χ2v) is 6.26. The SMILES string of the molecule is CCc1cccc2c1C(=O)N(CC(F)(F)F)c1ccccc1C2CC. The Hall–Kier alpha value is -2.30. The van der Waals surface area contributed by atoms with E-state index in [2.05, 4.69) is 0 Å². The molecule has 1 aliphatic heterocycles. The predicted molar refractivity (Wildman–Crippen MR) is 92.1 cm³/mol. The molecular formula is C20H20F3NO. The summed E-state index contributed by atoms with van der Waals surface area (Å²) in [5.74, 6) is -0.659. The highest BCUT2D eigenvalue weighted by atomic mass is 19.4. The lowest BCUT2D eigenvalue weighted by Gasteiger charge is -2.25. The normalized spacial score (nSPS) is 17.1. The van der Waals surface area contributed by atoms with E-state index in [9.17, 15) is 18.0 Å². The average Bonchev–Trinajstić information content (AvgIpc) is 2.68. The van der Waals surface area contributed by atoms with Crippen molar-refractivity contribution in [3.8, 4) is 0 Å². The van der Waals surface area contributed by atoms with Crippen LogP contribution in [0.1, 0.15) is 53.2 Å². The van der Waals surface area contributed by atoms with Gasteiger partial charge in [-0.05, 0) is 35.6 Å². The Morgan fingerprint density at radius 2 is 1.68 bits per heavy atom. The molecule has 1 unspecified atom stereocenters. The molecule has 1 heterocycles. The van der Waals surface area contributed by atoms with Gasteiger partial charge in [-0.2, -0.15) is 13.2 Å². The number of carbonyl (C=O) groups excluding carboxylic acids is 1. The van der Waals surface area contributed by atoms with Gasteiger partial charge >= 0.3 is 6.18 Å². The number of nitrogens with zero attached hydrogens (tertiary/aromatic N) is 1. The van der Waals surface area contributed by atoms with Crippen molar-refractivity contribution in [1.29, 1.82) is 0 Å². The summed E-state index contributed by atoms with van der Waals surface area (Å²) >= 11 is 0. The number of halogens is 3. The molecule has 2 nitrogen and oxygen atoms in total. The second kappa shape index (κ2) is 6.54. The first-order valence-electron chi connectivity index (χ1n) is 8.46. The van der Waals surface area contributed by atoms with Crippen LogP contribution < -0.4 is 4.90 Å². The first-order chi connectivity index (χ1) is 11.9. The number of hydrogen-bond donors (Lipinski definition) is 0. The molecule has 1 aliphatic rings. The van der Waals surface area contributed by atoms with E-state index in [1.165, 1.54) is 0 Å². The summed E-state index contributed by atoms with van der Waals surface area (Å²) in [7, 11) is 0. The van der Waals surface area contributed by atoms with Crippen LogP contribution in [0.5, 0.6) is 0 Å². The van der Waals surface area contributed by atoms with Crippen LogP contribution in [0.15, 0.2) is 42.5 Å². The Kier molecular flexibility index (Phi) is 4.58. The van der Waals surface area contributed by atoms with Gasteiger partial charge < -0.3 is 0 Å². The molecule has 0 aromatic heterocycles. The maximum atomic E-state index is 13.2. The third-order valence-corrected chi connectivity index (χ3v) is 4.75. The molecule has 132 valence electrons. The van der Waals surface area contributed by atoms with E-state index >= 15 is 0 Å². The minimum atomic E-state index is -4.46. The Morgan fingerprint density at radius 1 is 1.00 bits per heavy atom. The topological polar surface area (TPSA) is 20.3 Å². The Balaban J connectivity index is 2.30. The van der Waals surface area contributed by atoms with Gasteiger partial charge in [-0.25, -0.2) is 0 Å². The lowest BCUT2D eigenvalue weighted by Crippen LogP contribution is -2.39. The van der Waals surface area contributed by atoms with Crippen LogP contribution in [0.2, 0.25) is 0 Å². The standard InChI is InChI=1S/C20H20F3NO/c1-3-13-8-7-10-16-14(4-2)15-9-5-6-11-17(15)24(12-20(21,22)23)19(25)18(13)16/h5-11,14H,3-4,12H2,1-2H3. The van der Waals surface area contributed by atoms with Crippen LogP contribution >= 0.6 is 0 Å². The molecule has 0 radical (unpaired) electrons. The molecule has 3 rings (SSSR count). The molecule has 5 heteroatoms. The second-order valence-electron chi connectivity index (χ2n) is 6.26. The van der Waals surface area contributed by atoms with Crippen LogP contribution in [0, 0.1) is 0 Å². The van der Waals surface area contributed by atoms with E-state index in [0.29, 0.717) is 24.1 Å². The molecule has 25 heavy (non-hydrogen) atoms. The number of fused-ring (bicyclic) bond motifs is 2. The number of hydrogen-bond acceptors (Lipinski definition) is 1. The van der Waals surface area contributed by atoms with E-state index in [1.54, 1.807) is 12.1 Å². The summed E-state index contributed by atoms with van der Waals surface area (Å²) in [4.78, 5) is 14.0. The Morgan fingerprint density at radius 3 is 2.32 bits per heavy atom. The summed E-state index contributed by atoms with van der Waals surface area (Å²) in [6.07, 6.45) is -3.15. The van der Waals surface area contributed by atoms with E-state index < -0.39 is 18.6 Å². The number of alkyl halides is 3. The van der Waals surface area contributed by atoms with E-state index in [0.717, 1.165) is 21.6 Å². The zero-order chi connectivity index (χ0) is 18.2. The average molecular weight is 347 g/mol. The number of anilines is 1. The Bertz CT molecular complexity index is 798. The van der Waals surface area contributed by atoms with Crippen molar-refractivity contribution in [2.24, 2.45) is 0 Å². The highest BCUT2D eigenvalue weighted by Gasteiger charge is 2.39. The van der Waals surface area contributed by atoms with E-state index in [4.69, 9.17) is 0 Å². The van der Waals surface area contributed by atoms with Gasteiger partial charge in [0, 0.05) is 17.2 Å². The summed E-state index contributed by atoms with van der Waals surface area (Å²) in [6, 6.07) is 12.5. The number of aryl methyl sites for hydroxylation is 1. The summed E-state index contributed by atoms with van der Waals surface area (Å²) in [5.41, 5.74) is 3.17. The summed E-state index contributed by atoms with van der Waals surface area (Å²) in [6.45, 7) is 2.63. The van der Waals surface area contributed by atoms with Gasteiger partial charge in [0.15, 0.2) is 0 Å². The number of amides is 1. The lowest BCUT2D eigenvalue weighted by atomic mass is 9.84. The zero-order valence-corrected chi connectivity index (χ0v) is 14.2. The van der Waals surface area contributed by atoms with Crippen LogP contribution in [-0.4, -0.2) is 18.6 Å². The van der Waals surface area contributed by atoms with Gasteiger partial charge in [-0.15, -0.1) is 0 Å². The van der Waals surface area contributed by atoms with Crippen molar-refractivity contribution in [3.63, 3.8) is 0 Å². The van der Waals surface area contributed by atoms with E-state index in [1.807, 2.05) is 44.2 Å². The van der Waals surface area contributed by atoms with Crippen molar-refractivity contribution < 1.29 is 18.0 Å². The summed E-state index contributed by atoms with van der Waals surface area (Å²) < 4.78 is 39.6. The molecule has 0 saturated heterocycles. The minimum absolute atomic E-state index is 0.0973. The fourth-order valence-electron chi connectivity index (χ4n) is 3.68. The van der Waals surface area contributed by atoms with Crippen LogP contribution in [0.4, 0.5) is 18.9 Å². The Labute approximate surface area is 145 Å². The maximum Gasteiger partial charge on any atom is 0.406 e. The first-order valence-corrected chi connectivity index (χ1v) is 8.46. The highest BCUT2D eigenvalue weighted by Crippen LogP contribution is 2.42. The molecule has 0 saturated carbocycles. The number of carbonyl (C=O) groups is 1. The molecule has 0 N–H and O–H groups in total. The predicted octanol–water partition coefficient (Wildman–Crippen LogP) is 5.31. The van der Waals surface area contributed by atoms with Gasteiger partial charge in [-0.1, -0.05) is 50.2 Å². The third-order valence-electron chi connectivity index (χ3n) is 4.75. The van der Waals surface area contributed by atoms with Crippen molar-refractivity contribution >= 4 is 11.6 Å². The van der Waals surface area contributed by atoms with Crippen LogP contribution in [0.25, 0.3) is 0 Å². The lowest BCUT2D eigenvalue weighted by molar-refractivity contribution is -0.118. The molecule has 2 aromatic rings. The molecule has 2 aromatic carbocycles. The van der Waals surface area contributed by atoms with Crippen LogP contribution in [-0.2, 0) is 6.42 Å². The fraction of sp³-hybridized carbons (Fsp3) is 0.350. The van der Waals surface area contributed by atoms with Gasteiger partial charge in [-0.3, -0.25) is 9.69 Å². The van der Waals surface area contributed by atoms with Crippen molar-refractivity contribution in [3.05, 3.63) is 64.7 Å². The number of benzene rings is 2. The molecule has 0 bridgehead atoms. The summed E-state index contributed by atoms with van der Waals surface area (Å²) in [5, 5.41) is 0. The molecule has 1 amide bonds. The zero-order valence-electron chi connectivity index (χ0n) is 14.2. The monoisotopic (exact) mass is 347 g/mol. The van der Waals surface area contributed by atoms with Gasteiger partial charge in [0.1, 0.15) is 6.54 Å². The minimum Gasteiger partial charge on any atom is -0.299 e.